The summed E-state index contributed by atoms with van der Waals surface area (Å²) in [6.07, 6.45) is 0. The number of nitrogens with one attached hydrogen (secondary N) is 2. The Morgan fingerprint density at radius 2 is 2.18 bits per heavy atom. The average Bonchev–Trinajstić information content (AvgIpc) is 2.23. The van der Waals surface area contributed by atoms with E-state index >= 15 is 0 Å². The zero-order valence-electron chi connectivity index (χ0n) is 10.2. The number of hydrogen-bond acceptors (Lipinski definition) is 2. The monoisotopic (exact) mass is 256 g/mol. The Bertz CT molecular complexity index is 394. The van der Waals surface area contributed by atoms with Crippen molar-refractivity contribution in [3.63, 3.8) is 0 Å². The van der Waals surface area contributed by atoms with Gasteiger partial charge >= 0.3 is 6.03 Å². The number of benzene rings is 1. The van der Waals surface area contributed by atoms with Gasteiger partial charge in [0.25, 0.3) is 0 Å². The minimum absolute atomic E-state index is 0.365. The molecule has 0 aliphatic carbocycles. The van der Waals surface area contributed by atoms with Gasteiger partial charge in [0.15, 0.2) is 0 Å². The maximum atomic E-state index is 11.4. The molecule has 1 aromatic carbocycles. The predicted molar refractivity (Wildman–Crippen MR) is 69.1 cm³/mol. The van der Waals surface area contributed by atoms with Crippen LogP contribution in [0.1, 0.15) is 19.4 Å². The van der Waals surface area contributed by atoms with E-state index in [9.17, 15) is 4.79 Å². The Morgan fingerprint density at radius 3 is 2.76 bits per heavy atom. The van der Waals surface area contributed by atoms with Crippen LogP contribution in [0.5, 0.6) is 0 Å². The molecule has 0 radical (unpaired) electrons. The van der Waals surface area contributed by atoms with E-state index in [1.807, 2.05) is 26.8 Å². The summed E-state index contributed by atoms with van der Waals surface area (Å²) in [6, 6.07) is 4.90. The van der Waals surface area contributed by atoms with Gasteiger partial charge in [-0.1, -0.05) is 31.5 Å². The Hall–Kier alpha value is -1.26. The van der Waals surface area contributed by atoms with E-state index in [0.717, 1.165) is 5.56 Å². The van der Waals surface area contributed by atoms with Gasteiger partial charge < -0.3 is 5.32 Å². The van der Waals surface area contributed by atoms with Gasteiger partial charge in [-0.2, -0.15) is 0 Å². The number of hydroxylamine groups is 1. The fourth-order valence-corrected chi connectivity index (χ4v) is 1.28. The van der Waals surface area contributed by atoms with Crippen molar-refractivity contribution in [3.8, 4) is 0 Å². The van der Waals surface area contributed by atoms with E-state index in [-0.39, 0.29) is 0 Å². The van der Waals surface area contributed by atoms with Crippen molar-refractivity contribution >= 4 is 23.3 Å². The Kier molecular flexibility index (Phi) is 5.25. The molecule has 0 unspecified atom stereocenters. The number of anilines is 1. The van der Waals surface area contributed by atoms with Crippen molar-refractivity contribution < 1.29 is 9.63 Å². The van der Waals surface area contributed by atoms with Crippen molar-refractivity contribution in [2.45, 2.75) is 20.8 Å². The molecule has 0 aromatic heterocycles. The molecule has 0 heterocycles. The molecule has 0 aliphatic rings. The second kappa shape index (κ2) is 6.47. The number of carbonyl (C=O) groups is 1. The van der Waals surface area contributed by atoms with Gasteiger partial charge in [-0.3, -0.25) is 4.84 Å². The number of halogens is 1. The molecule has 4 nitrogen and oxygen atoms in total. The van der Waals surface area contributed by atoms with Crippen LogP contribution < -0.4 is 10.8 Å². The largest absolute Gasteiger partial charge is 0.343 e. The van der Waals surface area contributed by atoms with Crippen LogP contribution in [-0.4, -0.2) is 12.6 Å². The maximum absolute atomic E-state index is 11.4. The molecule has 0 bridgehead atoms. The fourth-order valence-electron chi connectivity index (χ4n) is 1.10. The first-order valence-electron chi connectivity index (χ1n) is 5.44. The standard InChI is InChI=1S/C12H17ClN2O2/c1-8(2)7-17-15-12(16)14-10-5-4-9(3)11(13)6-10/h4-6,8H,7H2,1-3H3,(H2,14,15,16). The lowest BCUT2D eigenvalue weighted by atomic mass is 10.2. The van der Waals surface area contributed by atoms with E-state index in [4.69, 9.17) is 16.4 Å². The zero-order chi connectivity index (χ0) is 12.8. The number of aryl methyl sites for hydroxylation is 1. The first-order valence-corrected chi connectivity index (χ1v) is 5.81. The highest BCUT2D eigenvalue weighted by Gasteiger charge is 2.03. The topological polar surface area (TPSA) is 50.4 Å². The summed E-state index contributed by atoms with van der Waals surface area (Å²) in [4.78, 5) is 16.4. The number of rotatable bonds is 4. The van der Waals surface area contributed by atoms with Crippen LogP contribution in [0.25, 0.3) is 0 Å². The lowest BCUT2D eigenvalue weighted by molar-refractivity contribution is 0.0482. The molecule has 0 atom stereocenters. The summed E-state index contributed by atoms with van der Waals surface area (Å²) >= 11 is 5.94. The first kappa shape index (κ1) is 13.8. The lowest BCUT2D eigenvalue weighted by Gasteiger charge is -2.09. The van der Waals surface area contributed by atoms with Crippen LogP contribution >= 0.6 is 11.6 Å². The summed E-state index contributed by atoms with van der Waals surface area (Å²) in [5, 5.41) is 3.24. The molecule has 0 saturated carbocycles. The van der Waals surface area contributed by atoms with Crippen molar-refractivity contribution in [1.29, 1.82) is 0 Å². The van der Waals surface area contributed by atoms with Crippen LogP contribution in [0, 0.1) is 12.8 Å². The Labute approximate surface area is 106 Å². The molecule has 5 heteroatoms. The summed E-state index contributed by atoms with van der Waals surface area (Å²) in [5.41, 5.74) is 3.90. The van der Waals surface area contributed by atoms with Crippen LogP contribution in [0.15, 0.2) is 18.2 Å². The molecule has 2 N–H and O–H groups in total. The molecule has 2 amide bonds. The summed E-state index contributed by atoms with van der Waals surface area (Å²) in [5.74, 6) is 0.365. The van der Waals surface area contributed by atoms with Crippen molar-refractivity contribution in [2.75, 3.05) is 11.9 Å². The minimum atomic E-state index is -0.412. The summed E-state index contributed by atoms with van der Waals surface area (Å²) < 4.78 is 0. The first-order chi connectivity index (χ1) is 7.99. The van der Waals surface area contributed by atoms with E-state index in [2.05, 4.69) is 10.8 Å². The zero-order valence-corrected chi connectivity index (χ0v) is 11.0. The normalized spacial score (nSPS) is 10.4. The molecular weight excluding hydrogens is 240 g/mol. The van der Waals surface area contributed by atoms with Crippen molar-refractivity contribution in [2.24, 2.45) is 5.92 Å². The minimum Gasteiger partial charge on any atom is -0.306 e. The average molecular weight is 257 g/mol. The van der Waals surface area contributed by atoms with Crippen molar-refractivity contribution in [3.05, 3.63) is 28.8 Å². The van der Waals surface area contributed by atoms with Gasteiger partial charge in [0, 0.05) is 10.7 Å². The molecule has 1 rings (SSSR count). The van der Waals surface area contributed by atoms with E-state index in [0.29, 0.717) is 23.2 Å². The third kappa shape index (κ3) is 5.06. The third-order valence-electron chi connectivity index (χ3n) is 2.01. The van der Waals surface area contributed by atoms with Gasteiger partial charge in [0.2, 0.25) is 0 Å². The number of hydrogen-bond donors (Lipinski definition) is 2. The summed E-state index contributed by atoms with van der Waals surface area (Å²) in [6.45, 7) is 6.37. The van der Waals surface area contributed by atoms with Gasteiger partial charge in [0.1, 0.15) is 0 Å². The Balaban J connectivity index is 2.42. The second-order valence-electron chi connectivity index (χ2n) is 4.23. The molecule has 94 valence electrons. The number of amides is 2. The van der Waals surface area contributed by atoms with E-state index < -0.39 is 6.03 Å². The molecule has 0 saturated heterocycles. The Morgan fingerprint density at radius 1 is 1.47 bits per heavy atom. The quantitative estimate of drug-likeness (QED) is 0.812. The third-order valence-corrected chi connectivity index (χ3v) is 2.42. The van der Waals surface area contributed by atoms with E-state index in [1.54, 1.807) is 12.1 Å². The van der Waals surface area contributed by atoms with E-state index in [1.165, 1.54) is 0 Å². The van der Waals surface area contributed by atoms with Crippen molar-refractivity contribution in [1.82, 2.24) is 5.48 Å². The number of carbonyl (C=O) groups excluding carboxylic acids is 1. The molecule has 0 fully saturated rings. The predicted octanol–water partition coefficient (Wildman–Crippen LogP) is 3.36. The molecule has 0 spiro atoms. The van der Waals surface area contributed by atoms with Gasteiger partial charge in [-0.25, -0.2) is 10.3 Å². The summed E-state index contributed by atoms with van der Waals surface area (Å²) in [7, 11) is 0. The molecule has 1 aromatic rings. The molecule has 0 aliphatic heterocycles. The van der Waals surface area contributed by atoms with Crippen LogP contribution in [0.4, 0.5) is 10.5 Å². The van der Waals surface area contributed by atoms with Gasteiger partial charge in [-0.15, -0.1) is 0 Å². The highest BCUT2D eigenvalue weighted by molar-refractivity contribution is 6.31. The smallest absolute Gasteiger partial charge is 0.306 e. The van der Waals surface area contributed by atoms with Gasteiger partial charge in [-0.05, 0) is 30.5 Å². The highest BCUT2D eigenvalue weighted by Crippen LogP contribution is 2.19. The highest BCUT2D eigenvalue weighted by atomic mass is 35.5. The molecular formula is C12H17ClN2O2. The molecule has 17 heavy (non-hydrogen) atoms. The SMILES string of the molecule is Cc1ccc(NC(=O)NOCC(C)C)cc1Cl. The van der Waals surface area contributed by atoms with Crippen LogP contribution in [-0.2, 0) is 4.84 Å². The lowest BCUT2D eigenvalue weighted by Crippen LogP contribution is -2.30. The number of urea groups is 1. The fraction of sp³-hybridized carbons (Fsp3) is 0.417. The van der Waals surface area contributed by atoms with Crippen LogP contribution in [0.2, 0.25) is 5.02 Å². The second-order valence-corrected chi connectivity index (χ2v) is 4.63. The van der Waals surface area contributed by atoms with Crippen LogP contribution in [0.3, 0.4) is 0 Å². The van der Waals surface area contributed by atoms with Gasteiger partial charge in [0.05, 0.1) is 6.61 Å². The maximum Gasteiger partial charge on any atom is 0.343 e.